The van der Waals surface area contributed by atoms with Gasteiger partial charge in [-0.2, -0.15) is 10.3 Å². The molecule has 0 aliphatic heterocycles. The quantitative estimate of drug-likeness (QED) is 0.860. The first-order valence-electron chi connectivity index (χ1n) is 5.84. The molecule has 0 aliphatic carbocycles. The Morgan fingerprint density at radius 2 is 2.11 bits per heavy atom. The number of hydrogen-bond donors (Lipinski definition) is 1. The van der Waals surface area contributed by atoms with Gasteiger partial charge in [0.05, 0.1) is 19.1 Å². The third kappa shape index (κ3) is 3.31. The summed E-state index contributed by atoms with van der Waals surface area (Å²) in [5.41, 5.74) is 1.00. The van der Waals surface area contributed by atoms with Gasteiger partial charge in [-0.05, 0) is 24.5 Å². The van der Waals surface area contributed by atoms with Crippen molar-refractivity contribution in [2.75, 3.05) is 12.9 Å². The van der Waals surface area contributed by atoms with Crippen LogP contribution in [0.2, 0.25) is 0 Å². The molecule has 0 aliphatic rings. The van der Waals surface area contributed by atoms with Crippen molar-refractivity contribution in [1.29, 1.82) is 0 Å². The van der Waals surface area contributed by atoms with E-state index in [9.17, 15) is 8.42 Å². The molecular weight excluding hydrogens is 266 g/mol. The average Bonchev–Trinajstić information content (AvgIpc) is 2.94. The van der Waals surface area contributed by atoms with E-state index < -0.39 is 9.84 Å². The molecule has 0 unspecified atom stereocenters. The van der Waals surface area contributed by atoms with Crippen molar-refractivity contribution >= 4 is 9.84 Å². The van der Waals surface area contributed by atoms with E-state index in [2.05, 4.69) is 15.4 Å². The smallest absolute Gasteiger partial charge is 0.199 e. The van der Waals surface area contributed by atoms with Gasteiger partial charge in [0.2, 0.25) is 0 Å². The van der Waals surface area contributed by atoms with Gasteiger partial charge in [-0.25, -0.2) is 8.42 Å². The van der Waals surface area contributed by atoms with Gasteiger partial charge in [0, 0.05) is 0 Å². The molecule has 1 aromatic carbocycles. The topological polar surface area (TPSA) is 84.9 Å². The zero-order valence-electron chi connectivity index (χ0n) is 10.5. The summed E-state index contributed by atoms with van der Waals surface area (Å²) in [6.07, 6.45) is 2.37. The lowest BCUT2D eigenvalue weighted by atomic mass is 10.1. The van der Waals surface area contributed by atoms with Crippen LogP contribution >= 0.6 is 0 Å². The molecule has 0 radical (unpaired) electrons. The van der Waals surface area contributed by atoms with Crippen molar-refractivity contribution in [1.82, 2.24) is 15.4 Å². The molecule has 1 N–H and O–H groups in total. The first-order valence-corrected chi connectivity index (χ1v) is 7.49. The molecule has 0 spiro atoms. The molecular formula is C12H15N3O3S. The highest BCUT2D eigenvalue weighted by Gasteiger charge is 2.17. The Kier molecular flexibility index (Phi) is 4.16. The fourth-order valence-electron chi connectivity index (χ4n) is 1.81. The Labute approximate surface area is 111 Å². The Morgan fingerprint density at radius 1 is 1.32 bits per heavy atom. The molecule has 2 rings (SSSR count). The number of sulfone groups is 1. The Morgan fingerprint density at radius 3 is 2.79 bits per heavy atom. The van der Waals surface area contributed by atoms with Gasteiger partial charge < -0.3 is 4.74 Å². The van der Waals surface area contributed by atoms with E-state index in [1.54, 1.807) is 7.11 Å². The monoisotopic (exact) mass is 281 g/mol. The van der Waals surface area contributed by atoms with Gasteiger partial charge >= 0.3 is 0 Å². The molecule has 0 saturated heterocycles. The number of hydrogen-bond acceptors (Lipinski definition) is 5. The summed E-state index contributed by atoms with van der Waals surface area (Å²) < 4.78 is 29.0. The molecule has 0 bridgehead atoms. The number of aromatic amines is 1. The van der Waals surface area contributed by atoms with Crippen molar-refractivity contribution in [3.63, 3.8) is 0 Å². The van der Waals surface area contributed by atoms with Gasteiger partial charge in [0.1, 0.15) is 5.75 Å². The van der Waals surface area contributed by atoms with Crippen molar-refractivity contribution in [2.45, 2.75) is 17.9 Å². The number of para-hydroxylation sites is 1. The van der Waals surface area contributed by atoms with Crippen LogP contribution in [0, 0.1) is 0 Å². The molecule has 1 heterocycles. The second-order valence-electron chi connectivity index (χ2n) is 4.04. The lowest BCUT2D eigenvalue weighted by molar-refractivity contribution is 0.409. The molecule has 102 valence electrons. The highest BCUT2D eigenvalue weighted by molar-refractivity contribution is 7.91. The number of aromatic nitrogens is 3. The molecule has 1 aromatic heterocycles. The maximum Gasteiger partial charge on any atom is 0.199 e. The third-order valence-corrected chi connectivity index (χ3v) is 4.42. The number of benzene rings is 1. The molecule has 6 nitrogen and oxygen atoms in total. The molecule has 0 saturated carbocycles. The molecule has 0 atom stereocenters. The van der Waals surface area contributed by atoms with Crippen LogP contribution in [-0.2, 0) is 16.3 Å². The second kappa shape index (κ2) is 5.83. The minimum Gasteiger partial charge on any atom is -0.496 e. The summed E-state index contributed by atoms with van der Waals surface area (Å²) in [7, 11) is -1.75. The molecule has 19 heavy (non-hydrogen) atoms. The van der Waals surface area contributed by atoms with Crippen LogP contribution in [0.1, 0.15) is 12.0 Å². The lowest BCUT2D eigenvalue weighted by Crippen LogP contribution is -2.08. The van der Waals surface area contributed by atoms with Crippen LogP contribution in [0.4, 0.5) is 0 Å². The van der Waals surface area contributed by atoms with Crippen molar-refractivity contribution in [2.24, 2.45) is 0 Å². The number of methoxy groups -OCH3 is 1. The molecule has 0 amide bonds. The van der Waals surface area contributed by atoms with Crippen molar-refractivity contribution in [3.8, 4) is 5.75 Å². The predicted molar refractivity (Wildman–Crippen MR) is 69.8 cm³/mol. The van der Waals surface area contributed by atoms with Gasteiger partial charge in [-0.3, -0.25) is 0 Å². The number of nitrogens with zero attached hydrogens (tertiary/aromatic N) is 2. The first-order chi connectivity index (χ1) is 9.13. The number of H-pyrrole nitrogens is 1. The highest BCUT2D eigenvalue weighted by atomic mass is 32.2. The molecule has 2 aromatic rings. The molecule has 0 fully saturated rings. The maximum absolute atomic E-state index is 11.9. The third-order valence-electron chi connectivity index (χ3n) is 2.76. The fourth-order valence-corrected chi connectivity index (χ4v) is 2.93. The average molecular weight is 281 g/mol. The normalized spacial score (nSPS) is 11.4. The van der Waals surface area contributed by atoms with Gasteiger partial charge in [-0.15, -0.1) is 5.10 Å². The Hall–Kier alpha value is -1.89. The van der Waals surface area contributed by atoms with E-state index in [0.717, 1.165) is 11.3 Å². The SMILES string of the molecule is COc1ccccc1CCCS(=O)(=O)c1cn[nH]n1. The second-order valence-corrected chi connectivity index (χ2v) is 6.10. The van der Waals surface area contributed by atoms with Gasteiger partial charge in [-0.1, -0.05) is 18.2 Å². The summed E-state index contributed by atoms with van der Waals surface area (Å²) in [5.74, 6) is 0.818. The standard InChI is InChI=1S/C12H15N3O3S/c1-18-11-7-3-2-5-10(11)6-4-8-19(16,17)12-9-13-15-14-12/h2-3,5,7,9H,4,6,8H2,1H3,(H,13,14,15). The van der Waals surface area contributed by atoms with E-state index in [1.807, 2.05) is 24.3 Å². The van der Waals surface area contributed by atoms with E-state index in [4.69, 9.17) is 4.74 Å². The fraction of sp³-hybridized carbons (Fsp3) is 0.333. The summed E-state index contributed by atoms with van der Waals surface area (Å²) in [6, 6.07) is 7.58. The summed E-state index contributed by atoms with van der Waals surface area (Å²) >= 11 is 0. The maximum atomic E-state index is 11.9. The van der Waals surface area contributed by atoms with Crippen LogP contribution in [0.5, 0.6) is 5.75 Å². The van der Waals surface area contributed by atoms with Crippen molar-refractivity contribution in [3.05, 3.63) is 36.0 Å². The first kappa shape index (κ1) is 13.5. The summed E-state index contributed by atoms with van der Waals surface area (Å²) in [4.78, 5) is 0. The minimum atomic E-state index is -3.35. The largest absolute Gasteiger partial charge is 0.496 e. The number of nitrogens with one attached hydrogen (secondary N) is 1. The zero-order chi connectivity index (χ0) is 13.7. The van der Waals surface area contributed by atoms with E-state index >= 15 is 0 Å². The summed E-state index contributed by atoms with van der Waals surface area (Å²) in [5, 5.41) is 9.40. The Bertz CT molecular complexity index is 623. The van der Waals surface area contributed by atoms with Gasteiger partial charge in [0.15, 0.2) is 14.9 Å². The van der Waals surface area contributed by atoms with E-state index in [0.29, 0.717) is 12.8 Å². The summed E-state index contributed by atoms with van der Waals surface area (Å²) in [6.45, 7) is 0. The highest BCUT2D eigenvalue weighted by Crippen LogP contribution is 2.19. The van der Waals surface area contributed by atoms with Crippen LogP contribution in [0.15, 0.2) is 35.5 Å². The lowest BCUT2D eigenvalue weighted by Gasteiger charge is -2.07. The van der Waals surface area contributed by atoms with Crippen LogP contribution < -0.4 is 4.74 Å². The number of rotatable bonds is 6. The van der Waals surface area contributed by atoms with Gasteiger partial charge in [0.25, 0.3) is 0 Å². The predicted octanol–water partition coefficient (Wildman–Crippen LogP) is 1.22. The van der Waals surface area contributed by atoms with E-state index in [1.165, 1.54) is 6.20 Å². The van der Waals surface area contributed by atoms with E-state index in [-0.39, 0.29) is 10.8 Å². The number of ether oxygens (including phenoxy) is 1. The minimum absolute atomic E-state index is 0.00692. The van der Waals surface area contributed by atoms with Crippen LogP contribution in [0.25, 0.3) is 0 Å². The van der Waals surface area contributed by atoms with Crippen LogP contribution in [-0.4, -0.2) is 36.7 Å². The molecule has 7 heteroatoms. The van der Waals surface area contributed by atoms with Crippen LogP contribution in [0.3, 0.4) is 0 Å². The zero-order valence-corrected chi connectivity index (χ0v) is 11.4. The van der Waals surface area contributed by atoms with Crippen molar-refractivity contribution < 1.29 is 13.2 Å². The number of aryl methyl sites for hydroxylation is 1. The Balaban J connectivity index is 1.97.